The number of ether oxygens (including phenoxy) is 1. The van der Waals surface area contributed by atoms with Crippen LogP contribution in [0, 0.1) is 0 Å². The maximum atomic E-state index is 10.4. The fourth-order valence-corrected chi connectivity index (χ4v) is 4.20. The molecule has 1 aliphatic rings. The van der Waals surface area contributed by atoms with Crippen LogP contribution in [-0.4, -0.2) is 12.2 Å². The first-order valence-corrected chi connectivity index (χ1v) is 8.65. The Hall–Kier alpha value is -2.74. The fourth-order valence-electron chi connectivity index (χ4n) is 4.20. The highest BCUT2D eigenvalue weighted by Crippen LogP contribution is 2.54. The Morgan fingerprint density at radius 2 is 1.60 bits per heavy atom. The Morgan fingerprint density at radius 1 is 0.960 bits per heavy atom. The highest BCUT2D eigenvalue weighted by Gasteiger charge is 2.42. The largest absolute Gasteiger partial charge is 0.504 e. The average Bonchev–Trinajstić information content (AvgIpc) is 2.96. The first-order chi connectivity index (χ1) is 12.1. The van der Waals surface area contributed by atoms with Gasteiger partial charge in [0.2, 0.25) is 0 Å². The van der Waals surface area contributed by atoms with Gasteiger partial charge >= 0.3 is 0 Å². The van der Waals surface area contributed by atoms with E-state index in [0.717, 1.165) is 6.42 Å². The van der Waals surface area contributed by atoms with Crippen molar-refractivity contribution in [3.05, 3.63) is 95.1 Å². The molecule has 0 bridgehead atoms. The number of hydrogen-bond acceptors (Lipinski definition) is 2. The molecule has 25 heavy (non-hydrogen) atoms. The van der Waals surface area contributed by atoms with E-state index in [1.807, 2.05) is 24.3 Å². The molecule has 0 unspecified atom stereocenters. The number of methoxy groups -OCH3 is 1. The van der Waals surface area contributed by atoms with Gasteiger partial charge in [-0.05, 0) is 40.8 Å². The van der Waals surface area contributed by atoms with Crippen molar-refractivity contribution >= 4 is 0 Å². The molecule has 1 aliphatic carbocycles. The lowest BCUT2D eigenvalue weighted by molar-refractivity contribution is 0.372. The molecule has 0 saturated heterocycles. The summed E-state index contributed by atoms with van der Waals surface area (Å²) in [6, 6.07) is 25.1. The van der Waals surface area contributed by atoms with Crippen molar-refractivity contribution in [1.29, 1.82) is 0 Å². The van der Waals surface area contributed by atoms with Crippen molar-refractivity contribution in [2.45, 2.75) is 24.7 Å². The molecule has 0 spiro atoms. The normalized spacial score (nSPS) is 21.8. The molecule has 2 nitrogen and oxygen atoms in total. The van der Waals surface area contributed by atoms with Crippen LogP contribution >= 0.6 is 0 Å². The summed E-state index contributed by atoms with van der Waals surface area (Å²) in [5, 5.41) is 10.4. The number of benzene rings is 3. The van der Waals surface area contributed by atoms with Crippen molar-refractivity contribution in [2.24, 2.45) is 0 Å². The molecular weight excluding hydrogens is 308 g/mol. The second-order valence-corrected chi connectivity index (χ2v) is 6.98. The molecule has 2 heteroatoms. The molecule has 126 valence electrons. The highest BCUT2D eigenvalue weighted by molar-refractivity contribution is 5.59. The van der Waals surface area contributed by atoms with Crippen LogP contribution in [0.2, 0.25) is 0 Å². The summed E-state index contributed by atoms with van der Waals surface area (Å²) in [7, 11) is 1.60. The Kier molecular flexibility index (Phi) is 3.76. The van der Waals surface area contributed by atoms with Crippen molar-refractivity contribution in [3.63, 3.8) is 0 Å². The maximum absolute atomic E-state index is 10.4. The summed E-state index contributed by atoms with van der Waals surface area (Å²) in [5.41, 5.74) is 4.87. The number of hydrogen-bond donors (Lipinski definition) is 1. The third kappa shape index (κ3) is 2.49. The van der Waals surface area contributed by atoms with Crippen LogP contribution < -0.4 is 4.74 Å². The van der Waals surface area contributed by atoms with Gasteiger partial charge in [0.05, 0.1) is 7.11 Å². The smallest absolute Gasteiger partial charge is 0.160 e. The quantitative estimate of drug-likeness (QED) is 0.711. The molecule has 0 amide bonds. The number of phenolic OH excluding ortho intramolecular Hbond substituents is 1. The molecule has 1 N–H and O–H groups in total. The van der Waals surface area contributed by atoms with Gasteiger partial charge in [-0.1, -0.05) is 67.6 Å². The zero-order valence-corrected chi connectivity index (χ0v) is 14.6. The summed E-state index contributed by atoms with van der Waals surface area (Å²) in [5.74, 6) is 1.03. The minimum Gasteiger partial charge on any atom is -0.504 e. The lowest BCUT2D eigenvalue weighted by Crippen LogP contribution is -2.20. The van der Waals surface area contributed by atoms with Gasteiger partial charge in [0.15, 0.2) is 11.5 Å². The highest BCUT2D eigenvalue weighted by atomic mass is 16.5. The fraction of sp³-hybridized carbons (Fsp3) is 0.217. The molecule has 0 aromatic heterocycles. The predicted octanol–water partition coefficient (Wildman–Crippen LogP) is 5.24. The molecule has 0 saturated carbocycles. The van der Waals surface area contributed by atoms with Gasteiger partial charge in [0, 0.05) is 11.3 Å². The molecular formula is C23H22O2. The van der Waals surface area contributed by atoms with Crippen LogP contribution in [0.15, 0.2) is 72.8 Å². The van der Waals surface area contributed by atoms with E-state index in [9.17, 15) is 5.11 Å². The SMILES string of the molecule is COc1cc2c(cc1O)[C@@](C)(c1ccccc1)C[C@H]2c1ccccc1. The second kappa shape index (κ2) is 5.96. The van der Waals surface area contributed by atoms with Crippen LogP contribution in [0.5, 0.6) is 11.5 Å². The maximum Gasteiger partial charge on any atom is 0.160 e. The van der Waals surface area contributed by atoms with Crippen LogP contribution in [0.3, 0.4) is 0 Å². The number of phenols is 1. The van der Waals surface area contributed by atoms with Gasteiger partial charge in [-0.3, -0.25) is 0 Å². The van der Waals surface area contributed by atoms with Crippen LogP contribution in [0.25, 0.3) is 0 Å². The molecule has 2 atom stereocenters. The molecule has 4 rings (SSSR count). The standard InChI is InChI=1S/C23H22O2/c1-23(17-11-7-4-8-12-17)15-19(16-9-5-3-6-10-16)18-13-22(25-2)21(24)14-20(18)23/h3-14,19,24H,15H2,1-2H3/t19-,23+/m0/s1. The summed E-state index contributed by atoms with van der Waals surface area (Å²) in [4.78, 5) is 0. The van der Waals surface area contributed by atoms with E-state index >= 15 is 0 Å². The summed E-state index contributed by atoms with van der Waals surface area (Å²) < 4.78 is 5.38. The molecule has 3 aromatic carbocycles. The Bertz CT molecular complexity index is 887. The van der Waals surface area contributed by atoms with E-state index in [1.165, 1.54) is 22.3 Å². The second-order valence-electron chi connectivity index (χ2n) is 6.98. The third-order valence-corrected chi connectivity index (χ3v) is 5.55. The molecule has 0 fully saturated rings. The summed E-state index contributed by atoms with van der Waals surface area (Å²) in [6.07, 6.45) is 0.975. The Balaban J connectivity index is 1.93. The minimum atomic E-state index is -0.138. The van der Waals surface area contributed by atoms with Gasteiger partial charge in [-0.25, -0.2) is 0 Å². The van der Waals surface area contributed by atoms with Crippen LogP contribution in [0.1, 0.15) is 41.5 Å². The first kappa shape index (κ1) is 15.8. The minimum absolute atomic E-state index is 0.138. The van der Waals surface area contributed by atoms with E-state index in [-0.39, 0.29) is 17.1 Å². The van der Waals surface area contributed by atoms with Gasteiger partial charge < -0.3 is 9.84 Å². The summed E-state index contributed by atoms with van der Waals surface area (Å²) in [6.45, 7) is 2.27. The number of rotatable bonds is 3. The van der Waals surface area contributed by atoms with Gasteiger partial charge in [0.25, 0.3) is 0 Å². The van der Waals surface area contributed by atoms with E-state index in [4.69, 9.17) is 4.74 Å². The number of aromatic hydroxyl groups is 1. The van der Waals surface area contributed by atoms with E-state index in [0.29, 0.717) is 5.75 Å². The molecule has 0 radical (unpaired) electrons. The molecule has 3 aromatic rings. The third-order valence-electron chi connectivity index (χ3n) is 5.55. The number of fused-ring (bicyclic) bond motifs is 1. The lowest BCUT2D eigenvalue weighted by Gasteiger charge is -2.27. The predicted molar refractivity (Wildman–Crippen MR) is 100 cm³/mol. The monoisotopic (exact) mass is 330 g/mol. The summed E-state index contributed by atoms with van der Waals surface area (Å²) >= 11 is 0. The zero-order valence-electron chi connectivity index (χ0n) is 14.6. The van der Waals surface area contributed by atoms with Crippen LogP contribution in [-0.2, 0) is 5.41 Å². The Labute approximate surface area is 148 Å². The van der Waals surface area contributed by atoms with E-state index in [2.05, 4.69) is 55.5 Å². The van der Waals surface area contributed by atoms with E-state index < -0.39 is 0 Å². The van der Waals surface area contributed by atoms with Gasteiger partial charge in [-0.15, -0.1) is 0 Å². The first-order valence-electron chi connectivity index (χ1n) is 8.65. The topological polar surface area (TPSA) is 29.5 Å². The van der Waals surface area contributed by atoms with Gasteiger partial charge in [0.1, 0.15) is 0 Å². The van der Waals surface area contributed by atoms with Crippen molar-refractivity contribution in [2.75, 3.05) is 7.11 Å². The molecule has 0 heterocycles. The van der Waals surface area contributed by atoms with Crippen LogP contribution in [0.4, 0.5) is 0 Å². The Morgan fingerprint density at radius 3 is 2.24 bits per heavy atom. The van der Waals surface area contributed by atoms with Gasteiger partial charge in [-0.2, -0.15) is 0 Å². The van der Waals surface area contributed by atoms with Crippen molar-refractivity contribution in [3.8, 4) is 11.5 Å². The molecule has 0 aliphatic heterocycles. The van der Waals surface area contributed by atoms with Crippen molar-refractivity contribution < 1.29 is 9.84 Å². The lowest BCUT2D eigenvalue weighted by atomic mass is 9.76. The zero-order chi connectivity index (χ0) is 17.4. The average molecular weight is 330 g/mol. The van der Waals surface area contributed by atoms with Crippen molar-refractivity contribution in [1.82, 2.24) is 0 Å². The van der Waals surface area contributed by atoms with E-state index in [1.54, 1.807) is 7.11 Å².